The third kappa shape index (κ3) is 19.0. The molecule has 4 aliphatic rings. The van der Waals surface area contributed by atoms with Crippen LogP contribution in [0.2, 0.25) is 0 Å². The molecule has 0 spiro atoms. The van der Waals surface area contributed by atoms with E-state index in [4.69, 9.17) is 0 Å². The molecule has 0 fully saturated rings. The van der Waals surface area contributed by atoms with E-state index in [0.717, 1.165) is 25.7 Å². The first-order valence-corrected chi connectivity index (χ1v) is 36.4. The zero-order valence-corrected chi connectivity index (χ0v) is 66.4. The normalized spacial score (nSPS) is 11.5. The Morgan fingerprint density at radius 1 is 0.228 bits per heavy atom. The Hall–Kier alpha value is -6.24. The first-order chi connectivity index (χ1) is 43.6. The summed E-state index contributed by atoms with van der Waals surface area (Å²) in [5.41, 5.74) is 42.3. The largest absolute Gasteiger partial charge is 0.0683 e. The summed E-state index contributed by atoms with van der Waals surface area (Å²) in [4.78, 5) is 0. The number of hydrogen-bond acceptors (Lipinski definition) is 0. The van der Waals surface area contributed by atoms with E-state index in [0.29, 0.717) is 0 Å². The molecule has 0 radical (unpaired) electrons. The van der Waals surface area contributed by atoms with E-state index < -0.39 is 0 Å². The van der Waals surface area contributed by atoms with Crippen molar-refractivity contribution in [2.75, 3.05) is 0 Å². The van der Waals surface area contributed by atoms with E-state index in [1.807, 2.05) is 111 Å². The van der Waals surface area contributed by atoms with Gasteiger partial charge in [-0.2, -0.15) is 0 Å². The van der Waals surface area contributed by atoms with Crippen molar-refractivity contribution in [1.29, 1.82) is 0 Å². The van der Waals surface area contributed by atoms with Gasteiger partial charge in [-0.25, -0.2) is 0 Å². The highest BCUT2D eigenvalue weighted by Gasteiger charge is 2.32. The van der Waals surface area contributed by atoms with Gasteiger partial charge in [0.25, 0.3) is 0 Å². The topological polar surface area (TPSA) is 0 Å². The minimum Gasteiger partial charge on any atom is -0.0683 e. The summed E-state index contributed by atoms with van der Waals surface area (Å²) in [5.74, 6) is 0. The van der Waals surface area contributed by atoms with Gasteiger partial charge in [-0.3, -0.25) is 0 Å². The molecule has 0 bridgehead atoms. The van der Waals surface area contributed by atoms with E-state index in [1.165, 1.54) is 145 Å². The van der Waals surface area contributed by atoms with Crippen LogP contribution >= 0.6 is 0 Å². The fourth-order valence-electron chi connectivity index (χ4n) is 13.8. The molecule has 0 N–H and O–H groups in total. The van der Waals surface area contributed by atoms with Crippen molar-refractivity contribution in [1.82, 2.24) is 0 Å². The molecule has 504 valence electrons. The number of hydrogen-bond donors (Lipinski definition) is 0. The SMILES string of the molecule is CC.CC.CC.CC.CC.CC.CC.CC.Cc1c(C(C)(C)C)cc2c(c1C)-c1ccccc1C2.Cc1c(C(C)(C)C)cc2c(c1C)Cc1ccccc1-2.Cc1cc2c(c(C(C)(C)C)c1C)-c1ccccc1C2.Cc1cc2c(c(C(C)(C)C)c1C)Cc1ccccc1-2. The maximum Gasteiger partial charge on any atom is -0.00104 e. The summed E-state index contributed by atoms with van der Waals surface area (Å²) in [5, 5.41) is 0. The van der Waals surface area contributed by atoms with Gasteiger partial charge in [-0.05, 0) is 259 Å². The molecule has 0 amide bonds. The summed E-state index contributed by atoms with van der Waals surface area (Å²) in [7, 11) is 0. The molecule has 4 aliphatic carbocycles. The first kappa shape index (κ1) is 83.8. The smallest absolute Gasteiger partial charge is 0.00104 e. The van der Waals surface area contributed by atoms with Crippen LogP contribution in [-0.4, -0.2) is 0 Å². The summed E-state index contributed by atoms with van der Waals surface area (Å²) in [6, 6.07) is 45.0. The zero-order chi connectivity index (χ0) is 71.1. The highest BCUT2D eigenvalue weighted by Crippen LogP contribution is 2.48. The minimum absolute atomic E-state index is 0.192. The van der Waals surface area contributed by atoms with Crippen LogP contribution in [0.25, 0.3) is 44.5 Å². The van der Waals surface area contributed by atoms with Crippen LogP contribution in [0.5, 0.6) is 0 Å². The molecule has 8 aromatic rings. The molecular weight excluding hydrogens is 1110 g/mol. The fourth-order valence-corrected chi connectivity index (χ4v) is 13.8. The predicted molar refractivity (Wildman–Crippen MR) is 422 cm³/mol. The lowest BCUT2D eigenvalue weighted by Gasteiger charge is -2.27. The van der Waals surface area contributed by atoms with Crippen molar-refractivity contribution in [2.24, 2.45) is 0 Å². The molecule has 92 heavy (non-hydrogen) atoms. The predicted octanol–water partition coefficient (Wildman–Crippen LogP) is 28.9. The molecular formula is C92H136. The molecule has 0 atom stereocenters. The fraction of sp³-hybridized carbons (Fsp3) is 0.478. The number of rotatable bonds is 0. The second-order valence-electron chi connectivity index (χ2n) is 27.2. The van der Waals surface area contributed by atoms with Gasteiger partial charge in [-0.15, -0.1) is 0 Å². The van der Waals surface area contributed by atoms with Gasteiger partial charge in [0.1, 0.15) is 0 Å². The van der Waals surface area contributed by atoms with Crippen molar-refractivity contribution in [3.63, 3.8) is 0 Å². The Morgan fingerprint density at radius 3 is 0.935 bits per heavy atom. The Kier molecular flexibility index (Phi) is 34.2. The quantitative estimate of drug-likeness (QED) is 0.142. The lowest BCUT2D eigenvalue weighted by molar-refractivity contribution is 0.580. The number of aryl methyl sites for hydroxylation is 2. The van der Waals surface area contributed by atoms with Crippen molar-refractivity contribution in [3.05, 3.63) is 233 Å². The highest BCUT2D eigenvalue weighted by molar-refractivity contribution is 5.84. The van der Waals surface area contributed by atoms with Gasteiger partial charge in [0, 0.05) is 0 Å². The van der Waals surface area contributed by atoms with Gasteiger partial charge >= 0.3 is 0 Å². The van der Waals surface area contributed by atoms with Crippen molar-refractivity contribution < 1.29 is 0 Å². The van der Waals surface area contributed by atoms with Gasteiger partial charge in [0.05, 0.1) is 0 Å². The molecule has 12 rings (SSSR count). The Labute approximate surface area is 570 Å². The average molecular weight is 1240 g/mol. The van der Waals surface area contributed by atoms with Crippen LogP contribution in [0.3, 0.4) is 0 Å². The summed E-state index contributed by atoms with van der Waals surface area (Å²) in [6.07, 6.45) is 4.38. The van der Waals surface area contributed by atoms with Crippen LogP contribution in [-0.2, 0) is 47.3 Å². The van der Waals surface area contributed by atoms with Crippen LogP contribution in [0.4, 0.5) is 0 Å². The third-order valence-electron chi connectivity index (χ3n) is 17.7. The summed E-state index contributed by atoms with van der Waals surface area (Å²) < 4.78 is 0. The maximum atomic E-state index is 2.44. The molecule has 0 aliphatic heterocycles. The summed E-state index contributed by atoms with van der Waals surface area (Å²) in [6.45, 7) is 78.0. The Bertz CT molecular complexity index is 3560. The second kappa shape index (κ2) is 37.6. The van der Waals surface area contributed by atoms with Crippen molar-refractivity contribution in [2.45, 2.75) is 297 Å². The lowest BCUT2D eigenvalue weighted by atomic mass is 9.77. The molecule has 0 heterocycles. The van der Waals surface area contributed by atoms with Crippen LogP contribution in [0.1, 0.15) is 305 Å². The van der Waals surface area contributed by atoms with Crippen molar-refractivity contribution >= 4 is 0 Å². The molecule has 0 nitrogen and oxygen atoms in total. The van der Waals surface area contributed by atoms with E-state index in [-0.39, 0.29) is 21.7 Å². The van der Waals surface area contributed by atoms with Gasteiger partial charge in [0.15, 0.2) is 0 Å². The Morgan fingerprint density at radius 2 is 0.533 bits per heavy atom. The maximum absolute atomic E-state index is 2.44. The monoisotopic (exact) mass is 1240 g/mol. The van der Waals surface area contributed by atoms with E-state index in [1.54, 1.807) is 11.1 Å². The lowest BCUT2D eigenvalue weighted by Crippen LogP contribution is -2.17. The van der Waals surface area contributed by atoms with E-state index >= 15 is 0 Å². The number of benzene rings is 8. The van der Waals surface area contributed by atoms with Crippen LogP contribution < -0.4 is 0 Å². The Balaban J connectivity index is 0.000000570. The molecule has 0 saturated carbocycles. The highest BCUT2D eigenvalue weighted by atomic mass is 14.4. The minimum atomic E-state index is 0.192. The number of fused-ring (bicyclic) bond motifs is 12. The van der Waals surface area contributed by atoms with Gasteiger partial charge in [-0.1, -0.05) is 315 Å². The van der Waals surface area contributed by atoms with E-state index in [2.05, 4.69) is 260 Å². The average Bonchev–Trinajstić information content (AvgIpc) is 1.59. The molecule has 0 saturated heterocycles. The molecule has 0 unspecified atom stereocenters. The van der Waals surface area contributed by atoms with Gasteiger partial charge < -0.3 is 0 Å². The second-order valence-corrected chi connectivity index (χ2v) is 27.2. The van der Waals surface area contributed by atoms with Crippen molar-refractivity contribution in [3.8, 4) is 44.5 Å². The molecule has 0 heteroatoms. The van der Waals surface area contributed by atoms with Gasteiger partial charge in [0.2, 0.25) is 0 Å². The van der Waals surface area contributed by atoms with Crippen LogP contribution in [0.15, 0.2) is 121 Å². The van der Waals surface area contributed by atoms with Crippen LogP contribution in [0, 0.1) is 55.4 Å². The first-order valence-electron chi connectivity index (χ1n) is 36.4. The summed E-state index contributed by atoms with van der Waals surface area (Å²) >= 11 is 0. The zero-order valence-electron chi connectivity index (χ0n) is 66.4. The van der Waals surface area contributed by atoms with E-state index in [9.17, 15) is 0 Å². The molecule has 8 aromatic carbocycles. The standard InChI is InChI=1S/4C19H22.8C2H6/c1-12-13(2)18-15(11-17(12)19(3,4)5)10-14-8-6-7-9-16(14)18;1-12-13(2)18(19(3,4)5)11-17-15-9-7-6-8-14(15)10-16(12)17;1-12-10-15-11-14-8-6-7-9-16(14)17(15)18(13(12)2)19(3,4)5;1-12-10-16-15-9-7-6-8-14(15)11-17(16)18(13(12)2)19(3,4)5;8*1-2/h2*6-9,11H,10H2,1-5H3;2*6-10H,11H2,1-5H3;8*1-2H3. The third-order valence-corrected chi connectivity index (χ3v) is 17.7. The molecule has 0 aromatic heterocycles.